The quantitative estimate of drug-likeness (QED) is 0.845. The smallest absolute Gasteiger partial charge is 0.336 e. The number of benzene rings is 1. The first-order chi connectivity index (χ1) is 8.58. The van der Waals surface area contributed by atoms with Crippen molar-refractivity contribution in [2.45, 2.75) is 19.3 Å². The summed E-state index contributed by atoms with van der Waals surface area (Å²) < 4.78 is 26.4. The number of aromatic nitrogens is 1. The lowest BCUT2D eigenvalue weighted by atomic mass is 10.0. The number of carboxylic acid groups (broad SMARTS) is 1. The number of aromatic carboxylic acids is 1. The van der Waals surface area contributed by atoms with E-state index in [2.05, 4.69) is 4.98 Å². The molecule has 18 heavy (non-hydrogen) atoms. The molecule has 5 heteroatoms. The number of fused-ring (bicyclic) bond motifs is 2. The third kappa shape index (κ3) is 1.47. The fraction of sp³-hybridized carbons (Fsp3) is 0.231. The molecule has 1 aromatic carbocycles. The van der Waals surface area contributed by atoms with E-state index in [-0.39, 0.29) is 16.5 Å². The second kappa shape index (κ2) is 3.73. The summed E-state index contributed by atoms with van der Waals surface area (Å²) >= 11 is 0. The van der Waals surface area contributed by atoms with Crippen molar-refractivity contribution in [2.75, 3.05) is 0 Å². The molecular weight excluding hydrogens is 240 g/mol. The Morgan fingerprint density at radius 2 is 1.94 bits per heavy atom. The third-order valence-electron chi connectivity index (χ3n) is 3.27. The van der Waals surface area contributed by atoms with E-state index in [1.807, 2.05) is 0 Å². The van der Waals surface area contributed by atoms with Gasteiger partial charge in [-0.3, -0.25) is 4.98 Å². The molecule has 3 rings (SSSR count). The first kappa shape index (κ1) is 11.1. The van der Waals surface area contributed by atoms with E-state index in [4.69, 9.17) is 0 Å². The van der Waals surface area contributed by atoms with Crippen molar-refractivity contribution in [2.24, 2.45) is 0 Å². The second-order valence-corrected chi connectivity index (χ2v) is 4.35. The number of hydrogen-bond donors (Lipinski definition) is 1. The number of pyridine rings is 1. The Labute approximate surface area is 101 Å². The van der Waals surface area contributed by atoms with E-state index >= 15 is 0 Å². The van der Waals surface area contributed by atoms with E-state index < -0.39 is 17.6 Å². The molecule has 0 saturated heterocycles. The maximum atomic E-state index is 13.2. The third-order valence-corrected chi connectivity index (χ3v) is 3.27. The molecule has 1 heterocycles. The number of aryl methyl sites for hydroxylation is 1. The number of nitrogens with zero attached hydrogens (tertiary/aromatic N) is 1. The van der Waals surface area contributed by atoms with Gasteiger partial charge in [0.05, 0.1) is 11.1 Å². The second-order valence-electron chi connectivity index (χ2n) is 4.35. The average Bonchev–Trinajstić information content (AvgIpc) is 2.74. The highest BCUT2D eigenvalue weighted by Gasteiger charge is 2.24. The van der Waals surface area contributed by atoms with E-state index in [1.165, 1.54) is 0 Å². The molecule has 2 aromatic rings. The van der Waals surface area contributed by atoms with Crippen LogP contribution in [0.4, 0.5) is 8.78 Å². The molecule has 0 atom stereocenters. The predicted molar refractivity (Wildman–Crippen MR) is 60.6 cm³/mol. The van der Waals surface area contributed by atoms with Crippen molar-refractivity contribution in [3.63, 3.8) is 0 Å². The Bertz CT molecular complexity index is 682. The molecule has 0 radical (unpaired) electrons. The van der Waals surface area contributed by atoms with Gasteiger partial charge in [0.1, 0.15) is 0 Å². The molecule has 0 saturated carbocycles. The molecule has 0 amide bonds. The molecule has 0 spiro atoms. The molecule has 92 valence electrons. The van der Waals surface area contributed by atoms with Crippen LogP contribution in [0.2, 0.25) is 0 Å². The molecular formula is C13H9F2NO2. The number of halogens is 2. The topological polar surface area (TPSA) is 50.2 Å². The molecule has 1 N–H and O–H groups in total. The van der Waals surface area contributed by atoms with Crippen molar-refractivity contribution in [1.29, 1.82) is 0 Å². The maximum Gasteiger partial charge on any atom is 0.336 e. The van der Waals surface area contributed by atoms with Gasteiger partial charge < -0.3 is 5.11 Å². The van der Waals surface area contributed by atoms with Crippen LogP contribution >= 0.6 is 0 Å². The lowest BCUT2D eigenvalue weighted by Gasteiger charge is -2.09. The molecule has 0 fully saturated rings. The molecule has 0 aliphatic heterocycles. The summed E-state index contributed by atoms with van der Waals surface area (Å²) in [4.78, 5) is 15.6. The summed E-state index contributed by atoms with van der Waals surface area (Å²) in [5, 5.41) is 9.43. The lowest BCUT2D eigenvalue weighted by Crippen LogP contribution is -2.06. The minimum atomic E-state index is -1.12. The van der Waals surface area contributed by atoms with Crippen molar-refractivity contribution >= 4 is 16.9 Å². The van der Waals surface area contributed by atoms with Crippen molar-refractivity contribution in [3.05, 3.63) is 40.6 Å². The van der Waals surface area contributed by atoms with E-state index in [0.717, 1.165) is 18.6 Å². The van der Waals surface area contributed by atoms with Crippen molar-refractivity contribution < 1.29 is 18.7 Å². The zero-order valence-corrected chi connectivity index (χ0v) is 9.33. The van der Waals surface area contributed by atoms with E-state index in [0.29, 0.717) is 24.1 Å². The summed E-state index contributed by atoms with van der Waals surface area (Å²) in [6.45, 7) is 0. The van der Waals surface area contributed by atoms with Crippen LogP contribution in [0.1, 0.15) is 28.0 Å². The Hall–Kier alpha value is -2.04. The first-order valence-corrected chi connectivity index (χ1v) is 5.61. The highest BCUT2D eigenvalue weighted by Crippen LogP contribution is 2.30. The molecule has 1 aliphatic carbocycles. The summed E-state index contributed by atoms with van der Waals surface area (Å²) in [6.07, 6.45) is 2.13. The molecule has 1 aliphatic rings. The zero-order chi connectivity index (χ0) is 12.9. The molecule has 0 unspecified atom stereocenters. The SMILES string of the molecule is O=C(O)c1c2c(nc3cc(F)c(F)cc13)CCC2. The largest absolute Gasteiger partial charge is 0.478 e. The standard InChI is InChI=1S/C13H9F2NO2/c14-8-4-7-11(5-9(8)15)16-10-3-1-2-6(10)12(7)13(17)18/h4-5H,1-3H2,(H,17,18). The number of hydrogen-bond acceptors (Lipinski definition) is 2. The molecule has 0 bridgehead atoms. The van der Waals surface area contributed by atoms with Crippen molar-refractivity contribution in [3.8, 4) is 0 Å². The predicted octanol–water partition coefficient (Wildman–Crippen LogP) is 2.70. The molecule has 3 nitrogen and oxygen atoms in total. The van der Waals surface area contributed by atoms with Crippen LogP contribution in [-0.4, -0.2) is 16.1 Å². The van der Waals surface area contributed by atoms with Gasteiger partial charge in [0.15, 0.2) is 11.6 Å². The normalized spacial score (nSPS) is 13.9. The maximum absolute atomic E-state index is 13.2. The van der Waals surface area contributed by atoms with Gasteiger partial charge in [-0.25, -0.2) is 13.6 Å². The van der Waals surface area contributed by atoms with Gasteiger partial charge in [-0.05, 0) is 30.9 Å². The Balaban J connectivity index is 2.46. The van der Waals surface area contributed by atoms with Crippen LogP contribution in [0.5, 0.6) is 0 Å². The fourth-order valence-corrected chi connectivity index (χ4v) is 2.50. The van der Waals surface area contributed by atoms with Crippen LogP contribution in [0.15, 0.2) is 12.1 Å². The van der Waals surface area contributed by atoms with Gasteiger partial charge in [-0.15, -0.1) is 0 Å². The lowest BCUT2D eigenvalue weighted by molar-refractivity contribution is 0.0698. The van der Waals surface area contributed by atoms with E-state index in [9.17, 15) is 18.7 Å². The van der Waals surface area contributed by atoms with Gasteiger partial charge in [-0.2, -0.15) is 0 Å². The summed E-state index contributed by atoms with van der Waals surface area (Å²) in [6, 6.07) is 1.87. The minimum Gasteiger partial charge on any atom is -0.478 e. The minimum absolute atomic E-state index is 0.0615. The summed E-state index contributed by atoms with van der Waals surface area (Å²) in [7, 11) is 0. The van der Waals surface area contributed by atoms with Crippen LogP contribution in [-0.2, 0) is 12.8 Å². The van der Waals surface area contributed by atoms with Crippen LogP contribution < -0.4 is 0 Å². The Morgan fingerprint density at radius 1 is 1.22 bits per heavy atom. The van der Waals surface area contributed by atoms with Gasteiger partial charge in [0.2, 0.25) is 0 Å². The fourth-order valence-electron chi connectivity index (χ4n) is 2.50. The summed E-state index contributed by atoms with van der Waals surface area (Å²) in [5.74, 6) is -3.18. The highest BCUT2D eigenvalue weighted by atomic mass is 19.2. The van der Waals surface area contributed by atoms with Gasteiger partial charge in [0, 0.05) is 17.1 Å². The first-order valence-electron chi connectivity index (χ1n) is 5.61. The zero-order valence-electron chi connectivity index (χ0n) is 9.33. The van der Waals surface area contributed by atoms with Gasteiger partial charge >= 0.3 is 5.97 Å². The van der Waals surface area contributed by atoms with Crippen LogP contribution in [0.3, 0.4) is 0 Å². The number of carbonyl (C=O) groups is 1. The average molecular weight is 249 g/mol. The Morgan fingerprint density at radius 3 is 2.67 bits per heavy atom. The van der Waals surface area contributed by atoms with Crippen LogP contribution in [0, 0.1) is 11.6 Å². The Kier molecular flexibility index (Phi) is 2.29. The van der Waals surface area contributed by atoms with Crippen molar-refractivity contribution in [1.82, 2.24) is 4.98 Å². The number of rotatable bonds is 1. The summed E-state index contributed by atoms with van der Waals surface area (Å²) in [5.41, 5.74) is 1.60. The van der Waals surface area contributed by atoms with Gasteiger partial charge in [0.25, 0.3) is 0 Å². The van der Waals surface area contributed by atoms with Crippen LogP contribution in [0.25, 0.3) is 10.9 Å². The van der Waals surface area contributed by atoms with Gasteiger partial charge in [-0.1, -0.05) is 0 Å². The molecule has 1 aromatic heterocycles. The monoisotopic (exact) mass is 249 g/mol. The van der Waals surface area contributed by atoms with E-state index in [1.54, 1.807) is 0 Å². The number of carboxylic acids is 1. The highest BCUT2D eigenvalue weighted by molar-refractivity contribution is 6.04.